The maximum Gasteiger partial charge on any atom is 0.325 e. The molecule has 0 N–H and O–H groups in total. The van der Waals surface area contributed by atoms with Crippen molar-refractivity contribution in [2.24, 2.45) is 0 Å². The van der Waals surface area contributed by atoms with Crippen LogP contribution >= 0.6 is 0 Å². The van der Waals surface area contributed by atoms with E-state index in [-0.39, 0.29) is 24.5 Å². The highest BCUT2D eigenvalue weighted by molar-refractivity contribution is 5.81. The summed E-state index contributed by atoms with van der Waals surface area (Å²) < 4.78 is 11.1. The van der Waals surface area contributed by atoms with E-state index in [1.165, 1.54) is 0 Å². The SMILES string of the molecule is CCOC(=O)CN(C)c1ncc(CN2CC[C@@]34OCCCN3C(=O)C[C@@H]24)cn1. The van der Waals surface area contributed by atoms with Crippen LogP contribution in [0.15, 0.2) is 12.4 Å². The zero-order chi connectivity index (χ0) is 19.7. The van der Waals surface area contributed by atoms with E-state index in [9.17, 15) is 9.59 Å². The van der Waals surface area contributed by atoms with Crippen LogP contribution in [0.25, 0.3) is 0 Å². The van der Waals surface area contributed by atoms with Crippen molar-refractivity contribution < 1.29 is 19.1 Å². The van der Waals surface area contributed by atoms with Crippen LogP contribution in [-0.2, 0) is 25.6 Å². The maximum atomic E-state index is 12.4. The van der Waals surface area contributed by atoms with Gasteiger partial charge in [-0.2, -0.15) is 0 Å². The van der Waals surface area contributed by atoms with E-state index in [0.717, 1.165) is 38.1 Å². The van der Waals surface area contributed by atoms with Crippen molar-refractivity contribution in [3.8, 4) is 0 Å². The van der Waals surface area contributed by atoms with Gasteiger partial charge in [0.05, 0.1) is 19.3 Å². The normalized spacial score (nSPS) is 26.9. The fourth-order valence-corrected chi connectivity index (χ4v) is 4.55. The van der Waals surface area contributed by atoms with Gasteiger partial charge in [0, 0.05) is 57.5 Å². The molecule has 0 aliphatic carbocycles. The Hall–Kier alpha value is -2.26. The number of ether oxygens (including phenoxy) is 2. The number of nitrogens with zero attached hydrogens (tertiary/aromatic N) is 5. The van der Waals surface area contributed by atoms with Crippen molar-refractivity contribution in [1.29, 1.82) is 0 Å². The number of hydrogen-bond acceptors (Lipinski definition) is 8. The molecule has 2 atom stereocenters. The molecule has 152 valence electrons. The molecule has 3 aliphatic rings. The molecule has 1 spiro atoms. The number of likely N-dealkylation sites (N-methyl/N-ethyl adjacent to an activating group) is 1. The largest absolute Gasteiger partial charge is 0.465 e. The molecule has 0 aromatic carbocycles. The highest BCUT2D eigenvalue weighted by atomic mass is 16.5. The molecule has 9 nitrogen and oxygen atoms in total. The summed E-state index contributed by atoms with van der Waals surface area (Å²) in [6.07, 6.45) is 5.84. The van der Waals surface area contributed by atoms with Crippen molar-refractivity contribution in [1.82, 2.24) is 19.8 Å². The van der Waals surface area contributed by atoms with Gasteiger partial charge in [0.1, 0.15) is 6.54 Å². The van der Waals surface area contributed by atoms with E-state index < -0.39 is 5.72 Å². The monoisotopic (exact) mass is 389 g/mol. The van der Waals surface area contributed by atoms with Crippen LogP contribution in [-0.4, -0.2) is 83.3 Å². The molecule has 28 heavy (non-hydrogen) atoms. The summed E-state index contributed by atoms with van der Waals surface area (Å²) in [6.45, 7) is 5.33. The number of hydrogen-bond donors (Lipinski definition) is 0. The van der Waals surface area contributed by atoms with Gasteiger partial charge in [-0.25, -0.2) is 9.97 Å². The van der Waals surface area contributed by atoms with E-state index in [0.29, 0.717) is 25.5 Å². The van der Waals surface area contributed by atoms with Gasteiger partial charge >= 0.3 is 5.97 Å². The van der Waals surface area contributed by atoms with Gasteiger partial charge in [-0.3, -0.25) is 14.5 Å². The first kappa shape index (κ1) is 19.1. The molecular formula is C19H27N5O4. The first-order chi connectivity index (χ1) is 13.5. The molecule has 0 bridgehead atoms. The standard InChI is InChI=1S/C19H27N5O4/c1-3-27-17(26)13-22(2)18-20-10-14(11-21-18)12-23-7-5-19-15(23)9-16(25)24(19)6-4-8-28-19/h10-11,15H,3-9,12-13H2,1-2H3/t15-,19+/m1/s1. The number of carbonyl (C=O) groups is 2. The minimum Gasteiger partial charge on any atom is -0.465 e. The summed E-state index contributed by atoms with van der Waals surface area (Å²) in [5.74, 6) is 0.372. The summed E-state index contributed by atoms with van der Waals surface area (Å²) in [5, 5.41) is 0. The van der Waals surface area contributed by atoms with Crippen molar-refractivity contribution in [3.05, 3.63) is 18.0 Å². The topological polar surface area (TPSA) is 88.1 Å². The molecular weight excluding hydrogens is 362 g/mol. The zero-order valence-electron chi connectivity index (χ0n) is 16.5. The number of esters is 1. The Morgan fingerprint density at radius 3 is 2.93 bits per heavy atom. The van der Waals surface area contributed by atoms with Crippen LogP contribution in [0.1, 0.15) is 31.7 Å². The lowest BCUT2D eigenvalue weighted by atomic mass is 10.0. The van der Waals surface area contributed by atoms with Gasteiger partial charge < -0.3 is 19.3 Å². The van der Waals surface area contributed by atoms with Crippen LogP contribution < -0.4 is 4.90 Å². The second kappa shape index (κ2) is 7.63. The van der Waals surface area contributed by atoms with Gasteiger partial charge in [-0.1, -0.05) is 0 Å². The molecule has 1 amide bonds. The van der Waals surface area contributed by atoms with Crippen LogP contribution in [0.3, 0.4) is 0 Å². The summed E-state index contributed by atoms with van der Waals surface area (Å²) in [6, 6.07) is 0.0893. The van der Waals surface area contributed by atoms with Gasteiger partial charge in [0.2, 0.25) is 11.9 Å². The lowest BCUT2D eigenvalue weighted by Crippen LogP contribution is -2.56. The predicted octanol–water partition coefficient (Wildman–Crippen LogP) is 0.399. The second-order valence-corrected chi connectivity index (χ2v) is 7.58. The summed E-state index contributed by atoms with van der Waals surface area (Å²) in [5.41, 5.74) is 0.544. The third-order valence-corrected chi connectivity index (χ3v) is 5.81. The smallest absolute Gasteiger partial charge is 0.325 e. The second-order valence-electron chi connectivity index (χ2n) is 7.58. The van der Waals surface area contributed by atoms with Crippen LogP contribution in [0, 0.1) is 0 Å². The van der Waals surface area contributed by atoms with Crippen LogP contribution in [0.5, 0.6) is 0 Å². The van der Waals surface area contributed by atoms with Crippen LogP contribution in [0.2, 0.25) is 0 Å². The summed E-state index contributed by atoms with van der Waals surface area (Å²) >= 11 is 0. The van der Waals surface area contributed by atoms with Gasteiger partial charge in [0.15, 0.2) is 5.72 Å². The van der Waals surface area contributed by atoms with E-state index in [4.69, 9.17) is 9.47 Å². The summed E-state index contributed by atoms with van der Waals surface area (Å²) in [4.78, 5) is 38.7. The van der Waals surface area contributed by atoms with Gasteiger partial charge in [-0.15, -0.1) is 0 Å². The van der Waals surface area contributed by atoms with Crippen molar-refractivity contribution >= 4 is 17.8 Å². The molecule has 4 rings (SSSR count). The molecule has 1 aromatic heterocycles. The molecule has 1 aromatic rings. The minimum absolute atomic E-state index is 0.0893. The Kier molecular flexibility index (Phi) is 5.20. The lowest BCUT2D eigenvalue weighted by molar-refractivity contribution is -0.180. The van der Waals surface area contributed by atoms with Crippen molar-refractivity contribution in [2.45, 2.75) is 44.5 Å². The van der Waals surface area contributed by atoms with E-state index in [1.807, 2.05) is 4.90 Å². The molecule has 3 saturated heterocycles. The van der Waals surface area contributed by atoms with Gasteiger partial charge in [-0.05, 0) is 13.3 Å². The number of aromatic nitrogens is 2. The quantitative estimate of drug-likeness (QED) is 0.646. The number of amides is 1. The fourth-order valence-electron chi connectivity index (χ4n) is 4.55. The Labute approximate surface area is 164 Å². The molecule has 9 heteroatoms. The van der Waals surface area contributed by atoms with E-state index in [2.05, 4.69) is 14.9 Å². The first-order valence-corrected chi connectivity index (χ1v) is 9.89. The first-order valence-electron chi connectivity index (χ1n) is 9.89. The molecule has 0 saturated carbocycles. The summed E-state index contributed by atoms with van der Waals surface area (Å²) in [7, 11) is 1.76. The number of carbonyl (C=O) groups excluding carboxylic acids is 2. The average Bonchev–Trinajstić information content (AvgIpc) is 3.15. The Bertz CT molecular complexity index is 742. The molecule has 0 unspecified atom stereocenters. The van der Waals surface area contributed by atoms with Crippen molar-refractivity contribution in [3.63, 3.8) is 0 Å². The number of likely N-dealkylation sites (tertiary alicyclic amines) is 1. The van der Waals surface area contributed by atoms with E-state index >= 15 is 0 Å². The maximum absolute atomic E-state index is 12.4. The molecule has 3 fully saturated rings. The molecule has 3 aliphatic heterocycles. The zero-order valence-corrected chi connectivity index (χ0v) is 16.5. The minimum atomic E-state index is -0.435. The molecule has 0 radical (unpaired) electrons. The van der Waals surface area contributed by atoms with Gasteiger partial charge in [0.25, 0.3) is 0 Å². The third-order valence-electron chi connectivity index (χ3n) is 5.81. The Morgan fingerprint density at radius 1 is 1.39 bits per heavy atom. The Morgan fingerprint density at radius 2 is 2.18 bits per heavy atom. The van der Waals surface area contributed by atoms with E-state index in [1.54, 1.807) is 31.3 Å². The van der Waals surface area contributed by atoms with Crippen LogP contribution in [0.4, 0.5) is 5.95 Å². The fraction of sp³-hybridized carbons (Fsp3) is 0.684. The highest BCUT2D eigenvalue weighted by Crippen LogP contribution is 2.45. The number of rotatable bonds is 6. The predicted molar refractivity (Wildman–Crippen MR) is 100 cm³/mol. The number of anilines is 1. The highest BCUT2D eigenvalue weighted by Gasteiger charge is 2.60. The Balaban J connectivity index is 1.40. The third kappa shape index (κ3) is 3.33. The average molecular weight is 389 g/mol. The van der Waals surface area contributed by atoms with Crippen molar-refractivity contribution in [2.75, 3.05) is 44.8 Å². The lowest BCUT2D eigenvalue weighted by Gasteiger charge is -2.42. The molecule has 4 heterocycles.